The Morgan fingerprint density at radius 2 is 2.62 bits per heavy atom. The van der Waals surface area contributed by atoms with Gasteiger partial charge in [-0.25, -0.2) is 0 Å². The van der Waals surface area contributed by atoms with Crippen molar-refractivity contribution in [1.82, 2.24) is 0 Å². The Labute approximate surface area is 48.3 Å². The fraction of sp³-hybridized carbons (Fsp3) is 0.667. The van der Waals surface area contributed by atoms with Crippen molar-refractivity contribution in [2.75, 3.05) is 0 Å². The first-order valence-corrected chi connectivity index (χ1v) is 2.95. The largest absolute Gasteiger partial charge is 0.163 e. The zero-order valence-electron chi connectivity index (χ0n) is 4.83. The highest BCUT2D eigenvalue weighted by Crippen LogP contribution is 2.39. The Hall–Kier alpha value is -0.660. The van der Waals surface area contributed by atoms with Crippen molar-refractivity contribution in [2.45, 2.75) is 13.3 Å². The van der Waals surface area contributed by atoms with Crippen molar-refractivity contribution < 1.29 is 0 Å². The molecule has 2 unspecified atom stereocenters. The molecule has 0 aromatic heterocycles. The summed E-state index contributed by atoms with van der Waals surface area (Å²) in [7, 11) is 0. The molecule has 1 aliphatic heterocycles. The van der Waals surface area contributed by atoms with E-state index in [0.717, 1.165) is 11.8 Å². The minimum absolute atomic E-state index is 0.757. The summed E-state index contributed by atoms with van der Waals surface area (Å²) in [6.07, 6.45) is 3.25. The minimum atomic E-state index is 0.757. The van der Waals surface area contributed by atoms with E-state index in [1.54, 1.807) is 0 Å². The lowest BCUT2D eigenvalue weighted by molar-refractivity contribution is 1.02. The van der Waals surface area contributed by atoms with Crippen LogP contribution in [0.3, 0.4) is 0 Å². The maximum Gasteiger partial charge on any atom is 0.0412 e. The van der Waals surface area contributed by atoms with Gasteiger partial charge in [-0.05, 0) is 13.3 Å². The standard InChI is InChI=1S/C6H8N2/c1-4-6-2-5(6)3-7-8-4/h3,5-6H,2H2,1H3. The quantitative estimate of drug-likeness (QED) is 0.443. The van der Waals surface area contributed by atoms with E-state index in [1.165, 1.54) is 12.1 Å². The smallest absolute Gasteiger partial charge is 0.0412 e. The van der Waals surface area contributed by atoms with Gasteiger partial charge in [0.1, 0.15) is 0 Å². The monoisotopic (exact) mass is 108 g/mol. The maximum absolute atomic E-state index is 3.94. The summed E-state index contributed by atoms with van der Waals surface area (Å²) in [5.74, 6) is 1.53. The summed E-state index contributed by atoms with van der Waals surface area (Å²) < 4.78 is 0. The molecule has 0 N–H and O–H groups in total. The van der Waals surface area contributed by atoms with Crippen LogP contribution in [0.5, 0.6) is 0 Å². The van der Waals surface area contributed by atoms with Crippen LogP contribution in [0.4, 0.5) is 0 Å². The molecule has 0 aromatic rings. The zero-order chi connectivity index (χ0) is 5.56. The lowest BCUT2D eigenvalue weighted by Gasteiger charge is -1.95. The second-order valence-electron chi connectivity index (χ2n) is 2.51. The van der Waals surface area contributed by atoms with Gasteiger partial charge in [0.15, 0.2) is 0 Å². The molecule has 2 rings (SSSR count). The fourth-order valence-corrected chi connectivity index (χ4v) is 1.14. The van der Waals surface area contributed by atoms with Gasteiger partial charge in [-0.2, -0.15) is 10.2 Å². The van der Waals surface area contributed by atoms with Crippen LogP contribution in [0.15, 0.2) is 10.2 Å². The van der Waals surface area contributed by atoms with Gasteiger partial charge in [0.05, 0.1) is 0 Å². The Morgan fingerprint density at radius 3 is 3.25 bits per heavy atom. The molecule has 0 aromatic carbocycles. The first kappa shape index (κ1) is 4.24. The van der Waals surface area contributed by atoms with Crippen LogP contribution >= 0.6 is 0 Å². The molecule has 0 saturated heterocycles. The van der Waals surface area contributed by atoms with Gasteiger partial charge >= 0.3 is 0 Å². The van der Waals surface area contributed by atoms with Crippen molar-refractivity contribution >= 4 is 11.9 Å². The van der Waals surface area contributed by atoms with Crippen molar-refractivity contribution in [2.24, 2.45) is 22.0 Å². The third-order valence-corrected chi connectivity index (χ3v) is 1.85. The fourth-order valence-electron chi connectivity index (χ4n) is 1.14. The lowest BCUT2D eigenvalue weighted by atomic mass is 10.2. The molecule has 1 fully saturated rings. The summed E-state index contributed by atoms with van der Waals surface area (Å²) in [6.45, 7) is 2.06. The molecule has 1 saturated carbocycles. The van der Waals surface area contributed by atoms with Crippen molar-refractivity contribution in [3.63, 3.8) is 0 Å². The van der Waals surface area contributed by atoms with Crippen molar-refractivity contribution in [3.05, 3.63) is 0 Å². The molecule has 0 radical (unpaired) electrons. The molecule has 0 amide bonds. The van der Waals surface area contributed by atoms with Gasteiger partial charge in [-0.1, -0.05) is 0 Å². The Kier molecular flexibility index (Phi) is 0.629. The van der Waals surface area contributed by atoms with Gasteiger partial charge in [-0.3, -0.25) is 0 Å². The molecule has 2 nitrogen and oxygen atoms in total. The zero-order valence-corrected chi connectivity index (χ0v) is 4.83. The summed E-state index contributed by atoms with van der Waals surface area (Å²) in [6, 6.07) is 0. The van der Waals surface area contributed by atoms with Crippen LogP contribution in [-0.4, -0.2) is 11.9 Å². The van der Waals surface area contributed by atoms with Gasteiger partial charge in [0.2, 0.25) is 0 Å². The van der Waals surface area contributed by atoms with Crippen LogP contribution < -0.4 is 0 Å². The summed E-state index contributed by atoms with van der Waals surface area (Å²) in [4.78, 5) is 0. The average molecular weight is 108 g/mol. The first-order chi connectivity index (χ1) is 3.88. The summed E-state index contributed by atoms with van der Waals surface area (Å²) in [5.41, 5.74) is 1.22. The van der Waals surface area contributed by atoms with Crippen molar-refractivity contribution in [1.29, 1.82) is 0 Å². The highest BCUT2D eigenvalue weighted by Gasteiger charge is 2.39. The predicted molar refractivity (Wildman–Crippen MR) is 33.2 cm³/mol. The predicted octanol–water partition coefficient (Wildman–Crippen LogP) is 1.08. The van der Waals surface area contributed by atoms with E-state index in [-0.39, 0.29) is 0 Å². The van der Waals surface area contributed by atoms with E-state index < -0.39 is 0 Å². The molecule has 42 valence electrons. The van der Waals surface area contributed by atoms with Crippen molar-refractivity contribution in [3.8, 4) is 0 Å². The molecule has 1 heterocycles. The number of hydrogen-bond donors (Lipinski definition) is 0. The SMILES string of the molecule is CC1=NN=CC2CC12. The first-order valence-electron chi connectivity index (χ1n) is 2.95. The van der Waals surface area contributed by atoms with Crippen LogP contribution in [0.25, 0.3) is 0 Å². The second-order valence-corrected chi connectivity index (χ2v) is 2.51. The highest BCUT2D eigenvalue weighted by atomic mass is 15.2. The van der Waals surface area contributed by atoms with E-state index >= 15 is 0 Å². The third-order valence-electron chi connectivity index (χ3n) is 1.85. The van der Waals surface area contributed by atoms with Crippen LogP contribution in [0.1, 0.15) is 13.3 Å². The number of hydrogen-bond acceptors (Lipinski definition) is 2. The molecule has 0 spiro atoms. The normalized spacial score (nSPS) is 40.9. The molecular weight excluding hydrogens is 100 g/mol. The Balaban J connectivity index is 2.30. The number of nitrogens with zero attached hydrogens (tertiary/aromatic N) is 2. The molecule has 2 heteroatoms. The van der Waals surface area contributed by atoms with Gasteiger partial charge in [0, 0.05) is 23.8 Å². The van der Waals surface area contributed by atoms with Gasteiger partial charge < -0.3 is 0 Å². The van der Waals surface area contributed by atoms with Crippen LogP contribution in [-0.2, 0) is 0 Å². The summed E-state index contributed by atoms with van der Waals surface area (Å²) >= 11 is 0. The maximum atomic E-state index is 3.94. The second kappa shape index (κ2) is 1.19. The van der Waals surface area contributed by atoms with E-state index in [2.05, 4.69) is 17.1 Å². The number of fused-ring (bicyclic) bond motifs is 1. The molecule has 0 bridgehead atoms. The molecule has 2 aliphatic rings. The van der Waals surface area contributed by atoms with Crippen LogP contribution in [0, 0.1) is 11.8 Å². The number of rotatable bonds is 0. The summed E-state index contributed by atoms with van der Waals surface area (Å²) in [5, 5.41) is 7.78. The third kappa shape index (κ3) is 0.427. The highest BCUT2D eigenvalue weighted by molar-refractivity contribution is 5.93. The Morgan fingerprint density at radius 1 is 1.75 bits per heavy atom. The van der Waals surface area contributed by atoms with Crippen LogP contribution in [0.2, 0.25) is 0 Å². The van der Waals surface area contributed by atoms with E-state index in [0.29, 0.717) is 0 Å². The molecule has 1 aliphatic carbocycles. The average Bonchev–Trinajstić information content (AvgIpc) is 2.45. The minimum Gasteiger partial charge on any atom is -0.163 e. The molecule has 8 heavy (non-hydrogen) atoms. The van der Waals surface area contributed by atoms with Gasteiger partial charge in [-0.15, -0.1) is 0 Å². The van der Waals surface area contributed by atoms with Gasteiger partial charge in [0.25, 0.3) is 0 Å². The molecular formula is C6H8N2. The Bertz CT molecular complexity index is 169. The lowest BCUT2D eigenvalue weighted by Crippen LogP contribution is -2.00. The molecule has 2 atom stereocenters. The van der Waals surface area contributed by atoms with E-state index in [1.807, 2.05) is 6.21 Å². The van der Waals surface area contributed by atoms with E-state index in [4.69, 9.17) is 0 Å². The topological polar surface area (TPSA) is 24.7 Å². The van der Waals surface area contributed by atoms with E-state index in [9.17, 15) is 0 Å².